The zero-order valence-corrected chi connectivity index (χ0v) is 27.1. The molecule has 10 aromatic rings. The number of fused-ring (bicyclic) bond motifs is 6. The summed E-state index contributed by atoms with van der Waals surface area (Å²) in [6.07, 6.45) is 0. The molecule has 0 N–H and O–H groups in total. The molecular formula is C46H30N4. The van der Waals surface area contributed by atoms with Gasteiger partial charge < -0.3 is 4.57 Å². The van der Waals surface area contributed by atoms with Crippen LogP contribution in [-0.2, 0) is 0 Å². The van der Waals surface area contributed by atoms with E-state index in [1.807, 2.05) is 0 Å². The highest BCUT2D eigenvalue weighted by Crippen LogP contribution is 2.40. The van der Waals surface area contributed by atoms with Gasteiger partial charge in [-0.2, -0.15) is 0 Å². The predicted octanol–water partition coefficient (Wildman–Crippen LogP) is 11.7. The van der Waals surface area contributed by atoms with Crippen molar-refractivity contribution < 1.29 is 0 Å². The molecule has 0 spiro atoms. The molecule has 0 aliphatic heterocycles. The number of hydrogen-bond donors (Lipinski definition) is 0. The minimum Gasteiger partial charge on any atom is -0.309 e. The molecule has 50 heavy (non-hydrogen) atoms. The van der Waals surface area contributed by atoms with Gasteiger partial charge in [0.1, 0.15) is 5.65 Å². The van der Waals surface area contributed by atoms with Gasteiger partial charge in [0.05, 0.1) is 27.6 Å². The fourth-order valence-electron chi connectivity index (χ4n) is 7.45. The number of nitrogens with zero attached hydrogens (tertiary/aromatic N) is 4. The van der Waals surface area contributed by atoms with Crippen LogP contribution in [0.4, 0.5) is 0 Å². The van der Waals surface area contributed by atoms with Gasteiger partial charge in [0, 0.05) is 38.7 Å². The Morgan fingerprint density at radius 2 is 0.860 bits per heavy atom. The average molecular weight is 639 g/mol. The number of aromatic nitrogens is 4. The lowest BCUT2D eigenvalue weighted by Gasteiger charge is -2.11. The molecule has 7 aromatic carbocycles. The Hall–Kier alpha value is -6.78. The summed E-state index contributed by atoms with van der Waals surface area (Å²) in [6.45, 7) is 0. The summed E-state index contributed by atoms with van der Waals surface area (Å²) in [5.74, 6) is 0.697. The Bertz CT molecular complexity index is 2830. The fraction of sp³-hybridized carbons (Fsp3) is 0. The maximum absolute atomic E-state index is 5.38. The van der Waals surface area contributed by atoms with Crippen LogP contribution >= 0.6 is 0 Å². The molecule has 234 valence electrons. The molecule has 0 aliphatic rings. The van der Waals surface area contributed by atoms with Gasteiger partial charge in [-0.05, 0) is 65.7 Å². The average Bonchev–Trinajstić information content (AvgIpc) is 3.71. The van der Waals surface area contributed by atoms with Crippen molar-refractivity contribution in [1.82, 2.24) is 19.1 Å². The molecule has 0 amide bonds. The van der Waals surface area contributed by atoms with Crippen molar-refractivity contribution in [1.29, 1.82) is 0 Å². The van der Waals surface area contributed by atoms with E-state index in [0.29, 0.717) is 5.82 Å². The number of rotatable bonds is 5. The van der Waals surface area contributed by atoms with E-state index in [1.54, 1.807) is 0 Å². The molecule has 0 fully saturated rings. The summed E-state index contributed by atoms with van der Waals surface area (Å²) < 4.78 is 4.63. The second kappa shape index (κ2) is 11.4. The Morgan fingerprint density at radius 1 is 0.340 bits per heavy atom. The van der Waals surface area contributed by atoms with Crippen LogP contribution in [0.2, 0.25) is 0 Å². The first-order valence-corrected chi connectivity index (χ1v) is 16.9. The van der Waals surface area contributed by atoms with E-state index in [1.165, 1.54) is 21.9 Å². The van der Waals surface area contributed by atoms with Crippen molar-refractivity contribution in [2.24, 2.45) is 0 Å². The van der Waals surface area contributed by atoms with Crippen LogP contribution < -0.4 is 0 Å². The van der Waals surface area contributed by atoms with Gasteiger partial charge >= 0.3 is 0 Å². The molecule has 0 saturated heterocycles. The van der Waals surface area contributed by atoms with Gasteiger partial charge in [0.15, 0.2) is 5.82 Å². The molecule has 0 radical (unpaired) electrons. The SMILES string of the molecule is c1ccc(-c2ccc(-n3c4ccccc4c4cc(-c5nc(-c6ccccc6)c6c7ccccc7n(-c7ccccc7)c6n5)ccc43)cc2)cc1. The van der Waals surface area contributed by atoms with Crippen LogP contribution in [0.25, 0.3) is 88.9 Å². The Morgan fingerprint density at radius 3 is 1.58 bits per heavy atom. The van der Waals surface area contributed by atoms with Gasteiger partial charge in [0.2, 0.25) is 0 Å². The number of benzene rings is 7. The van der Waals surface area contributed by atoms with E-state index >= 15 is 0 Å². The number of para-hydroxylation sites is 3. The molecular weight excluding hydrogens is 609 g/mol. The second-order valence-corrected chi connectivity index (χ2v) is 12.6. The Kier molecular flexibility index (Phi) is 6.46. The third kappa shape index (κ3) is 4.46. The van der Waals surface area contributed by atoms with Crippen molar-refractivity contribution in [3.8, 4) is 45.1 Å². The summed E-state index contributed by atoms with van der Waals surface area (Å²) >= 11 is 0. The zero-order chi connectivity index (χ0) is 33.0. The molecule has 0 unspecified atom stereocenters. The van der Waals surface area contributed by atoms with Crippen molar-refractivity contribution in [3.05, 3.63) is 182 Å². The van der Waals surface area contributed by atoms with Crippen LogP contribution in [0.5, 0.6) is 0 Å². The van der Waals surface area contributed by atoms with Crippen molar-refractivity contribution >= 4 is 43.7 Å². The van der Waals surface area contributed by atoms with Crippen LogP contribution in [-0.4, -0.2) is 19.1 Å². The third-order valence-electron chi connectivity index (χ3n) is 9.74. The van der Waals surface area contributed by atoms with Crippen LogP contribution in [0, 0.1) is 0 Å². The zero-order valence-electron chi connectivity index (χ0n) is 27.1. The lowest BCUT2D eigenvalue weighted by atomic mass is 10.0. The lowest BCUT2D eigenvalue weighted by molar-refractivity contribution is 1.11. The maximum Gasteiger partial charge on any atom is 0.162 e. The normalized spacial score (nSPS) is 11.6. The second-order valence-electron chi connectivity index (χ2n) is 12.6. The van der Waals surface area contributed by atoms with Gasteiger partial charge in [-0.1, -0.05) is 127 Å². The largest absolute Gasteiger partial charge is 0.309 e. The first-order chi connectivity index (χ1) is 24.8. The molecule has 4 nitrogen and oxygen atoms in total. The summed E-state index contributed by atoms with van der Waals surface area (Å²) in [5.41, 5.74) is 11.9. The topological polar surface area (TPSA) is 35.6 Å². The third-order valence-corrected chi connectivity index (χ3v) is 9.74. The number of hydrogen-bond acceptors (Lipinski definition) is 2. The minimum absolute atomic E-state index is 0.697. The van der Waals surface area contributed by atoms with Gasteiger partial charge in [0.25, 0.3) is 0 Å². The summed E-state index contributed by atoms with van der Waals surface area (Å²) in [4.78, 5) is 10.7. The summed E-state index contributed by atoms with van der Waals surface area (Å²) in [6, 6.07) is 64.2. The molecule has 0 bridgehead atoms. The first kappa shape index (κ1) is 28.3. The molecule has 0 atom stereocenters. The smallest absolute Gasteiger partial charge is 0.162 e. The highest BCUT2D eigenvalue weighted by Gasteiger charge is 2.21. The molecule has 10 rings (SSSR count). The van der Waals surface area contributed by atoms with Gasteiger partial charge in [-0.3, -0.25) is 4.57 Å². The Labute approximate surface area is 289 Å². The van der Waals surface area contributed by atoms with Crippen molar-refractivity contribution in [2.75, 3.05) is 0 Å². The quantitative estimate of drug-likeness (QED) is 0.188. The van der Waals surface area contributed by atoms with Gasteiger partial charge in [-0.15, -0.1) is 0 Å². The van der Waals surface area contributed by atoms with Crippen molar-refractivity contribution in [3.63, 3.8) is 0 Å². The van der Waals surface area contributed by atoms with E-state index in [2.05, 4.69) is 191 Å². The van der Waals surface area contributed by atoms with E-state index in [-0.39, 0.29) is 0 Å². The molecule has 3 heterocycles. The highest BCUT2D eigenvalue weighted by molar-refractivity contribution is 6.14. The van der Waals surface area contributed by atoms with E-state index < -0.39 is 0 Å². The highest BCUT2D eigenvalue weighted by atomic mass is 15.1. The maximum atomic E-state index is 5.38. The summed E-state index contributed by atoms with van der Waals surface area (Å²) in [5, 5.41) is 4.54. The van der Waals surface area contributed by atoms with E-state index in [4.69, 9.17) is 9.97 Å². The molecule has 4 heteroatoms. The Balaban J connectivity index is 1.21. The van der Waals surface area contributed by atoms with E-state index in [0.717, 1.165) is 61.2 Å². The van der Waals surface area contributed by atoms with Crippen molar-refractivity contribution in [2.45, 2.75) is 0 Å². The molecule has 0 saturated carbocycles. The van der Waals surface area contributed by atoms with Crippen LogP contribution in [0.3, 0.4) is 0 Å². The fourth-order valence-corrected chi connectivity index (χ4v) is 7.45. The van der Waals surface area contributed by atoms with Crippen LogP contribution in [0.15, 0.2) is 182 Å². The minimum atomic E-state index is 0.697. The molecule has 3 aromatic heterocycles. The standard InChI is InChI=1S/C46H30N4/c1-4-14-31(15-5-1)32-24-27-36(28-25-32)49-40-22-12-10-20-37(40)39-30-34(26-29-42(39)49)45-47-44(33-16-6-2-7-17-33)43-38-21-11-13-23-41(38)50(46(43)48-45)35-18-8-3-9-19-35/h1-30H. The predicted molar refractivity (Wildman–Crippen MR) is 207 cm³/mol. The first-order valence-electron chi connectivity index (χ1n) is 16.9. The lowest BCUT2D eigenvalue weighted by Crippen LogP contribution is -1.99. The van der Waals surface area contributed by atoms with Crippen LogP contribution in [0.1, 0.15) is 0 Å². The summed E-state index contributed by atoms with van der Waals surface area (Å²) in [7, 11) is 0. The monoisotopic (exact) mass is 638 g/mol. The molecule has 0 aliphatic carbocycles. The van der Waals surface area contributed by atoms with Gasteiger partial charge in [-0.25, -0.2) is 9.97 Å². The van der Waals surface area contributed by atoms with E-state index in [9.17, 15) is 0 Å².